The maximum absolute atomic E-state index is 13.7. The minimum absolute atomic E-state index is 0.0378. The highest BCUT2D eigenvalue weighted by molar-refractivity contribution is 5.75. The van der Waals surface area contributed by atoms with Crippen LogP contribution in [0.4, 0.5) is 10.1 Å². The van der Waals surface area contributed by atoms with Gasteiger partial charge in [0.2, 0.25) is 0 Å². The summed E-state index contributed by atoms with van der Waals surface area (Å²) in [7, 11) is 0. The standard InChI is InChI=1S/C16H19FN2O2/c1-2-6-16(15(20)21)7-9-19(10-8-16)14-5-3-4-13(17)12(14)11-18/h3-5H,2,6-10H2,1H3,(H,20,21). The number of nitriles is 1. The monoisotopic (exact) mass is 290 g/mol. The van der Waals surface area contributed by atoms with Gasteiger partial charge in [-0.15, -0.1) is 0 Å². The second-order valence-electron chi connectivity index (χ2n) is 5.57. The van der Waals surface area contributed by atoms with Crippen molar-refractivity contribution in [2.45, 2.75) is 32.6 Å². The summed E-state index contributed by atoms with van der Waals surface area (Å²) in [5.41, 5.74) is -0.0745. The molecule has 0 amide bonds. The van der Waals surface area contributed by atoms with Crippen molar-refractivity contribution in [2.75, 3.05) is 18.0 Å². The number of carboxylic acids is 1. The molecule has 1 N–H and O–H groups in total. The summed E-state index contributed by atoms with van der Waals surface area (Å²) >= 11 is 0. The quantitative estimate of drug-likeness (QED) is 0.925. The van der Waals surface area contributed by atoms with E-state index in [1.807, 2.05) is 17.9 Å². The number of hydrogen-bond donors (Lipinski definition) is 1. The Kier molecular flexibility index (Phi) is 4.46. The van der Waals surface area contributed by atoms with Crippen molar-refractivity contribution in [1.82, 2.24) is 0 Å². The zero-order valence-electron chi connectivity index (χ0n) is 12.1. The van der Waals surface area contributed by atoms with Crippen LogP contribution in [-0.2, 0) is 4.79 Å². The molecule has 1 heterocycles. The van der Waals surface area contributed by atoms with Gasteiger partial charge >= 0.3 is 5.97 Å². The Balaban J connectivity index is 2.20. The fraction of sp³-hybridized carbons (Fsp3) is 0.500. The summed E-state index contributed by atoms with van der Waals surface area (Å²) in [6.45, 7) is 3.05. The zero-order chi connectivity index (χ0) is 15.5. The molecule has 2 rings (SSSR count). The normalized spacial score (nSPS) is 17.3. The third kappa shape index (κ3) is 2.85. The Morgan fingerprint density at radius 2 is 2.14 bits per heavy atom. The molecule has 1 saturated heterocycles. The topological polar surface area (TPSA) is 64.3 Å². The highest BCUT2D eigenvalue weighted by Gasteiger charge is 2.40. The fourth-order valence-electron chi connectivity index (χ4n) is 3.11. The SMILES string of the molecule is CCCC1(C(=O)O)CCN(c2cccc(F)c2C#N)CC1. The molecule has 4 nitrogen and oxygen atoms in total. The molecule has 0 unspecified atom stereocenters. The Morgan fingerprint density at radius 1 is 1.48 bits per heavy atom. The van der Waals surface area contributed by atoms with Gasteiger partial charge in [-0.25, -0.2) is 4.39 Å². The lowest BCUT2D eigenvalue weighted by atomic mass is 9.75. The van der Waals surface area contributed by atoms with Crippen molar-refractivity contribution in [1.29, 1.82) is 5.26 Å². The summed E-state index contributed by atoms with van der Waals surface area (Å²) in [5, 5.41) is 18.6. The van der Waals surface area contributed by atoms with Gasteiger partial charge in [-0.1, -0.05) is 19.4 Å². The molecular formula is C16H19FN2O2. The number of aliphatic carboxylic acids is 1. The molecule has 112 valence electrons. The Hall–Kier alpha value is -2.09. The molecular weight excluding hydrogens is 271 g/mol. The van der Waals surface area contributed by atoms with Gasteiger partial charge in [0.1, 0.15) is 17.4 Å². The van der Waals surface area contributed by atoms with Crippen molar-refractivity contribution in [3.05, 3.63) is 29.6 Å². The smallest absolute Gasteiger partial charge is 0.309 e. The van der Waals surface area contributed by atoms with Gasteiger partial charge < -0.3 is 10.0 Å². The number of piperidine rings is 1. The maximum Gasteiger partial charge on any atom is 0.309 e. The van der Waals surface area contributed by atoms with Crippen LogP contribution in [0, 0.1) is 22.6 Å². The molecule has 0 radical (unpaired) electrons. The molecule has 0 aliphatic carbocycles. The molecule has 0 aromatic heterocycles. The molecule has 0 saturated carbocycles. The van der Waals surface area contributed by atoms with Crippen LogP contribution in [0.3, 0.4) is 0 Å². The first kappa shape index (κ1) is 15.3. The number of halogens is 1. The molecule has 1 fully saturated rings. The van der Waals surface area contributed by atoms with E-state index in [1.165, 1.54) is 6.07 Å². The number of nitrogens with zero attached hydrogens (tertiary/aromatic N) is 2. The predicted octanol–water partition coefficient (Wildman–Crippen LogP) is 3.17. The second kappa shape index (κ2) is 6.13. The average molecular weight is 290 g/mol. The molecule has 1 aromatic rings. The van der Waals surface area contributed by atoms with Crippen LogP contribution in [0.2, 0.25) is 0 Å². The van der Waals surface area contributed by atoms with Crippen LogP contribution in [-0.4, -0.2) is 24.2 Å². The van der Waals surface area contributed by atoms with Gasteiger partial charge in [-0.3, -0.25) is 4.79 Å². The molecule has 1 aliphatic rings. The maximum atomic E-state index is 13.7. The summed E-state index contributed by atoms with van der Waals surface area (Å²) in [6, 6.07) is 6.46. The Bertz CT molecular complexity index is 572. The van der Waals surface area contributed by atoms with Gasteiger partial charge in [-0.05, 0) is 31.4 Å². The van der Waals surface area contributed by atoms with E-state index in [4.69, 9.17) is 5.26 Å². The third-order valence-corrected chi connectivity index (χ3v) is 4.35. The van der Waals surface area contributed by atoms with Crippen molar-refractivity contribution in [2.24, 2.45) is 5.41 Å². The lowest BCUT2D eigenvalue weighted by Gasteiger charge is -2.40. The fourth-order valence-corrected chi connectivity index (χ4v) is 3.11. The number of carboxylic acid groups (broad SMARTS) is 1. The molecule has 0 atom stereocenters. The molecule has 0 bridgehead atoms. The van der Waals surface area contributed by atoms with Gasteiger partial charge in [0, 0.05) is 13.1 Å². The van der Waals surface area contributed by atoms with Crippen LogP contribution in [0.1, 0.15) is 38.2 Å². The molecule has 21 heavy (non-hydrogen) atoms. The van der Waals surface area contributed by atoms with Crippen LogP contribution in [0.5, 0.6) is 0 Å². The van der Waals surface area contributed by atoms with E-state index in [0.29, 0.717) is 38.0 Å². The lowest BCUT2D eigenvalue weighted by molar-refractivity contribution is -0.150. The minimum atomic E-state index is -0.747. The highest BCUT2D eigenvalue weighted by atomic mass is 19.1. The molecule has 5 heteroatoms. The minimum Gasteiger partial charge on any atom is -0.481 e. The lowest BCUT2D eigenvalue weighted by Crippen LogP contribution is -2.44. The van der Waals surface area contributed by atoms with Crippen molar-refractivity contribution < 1.29 is 14.3 Å². The van der Waals surface area contributed by atoms with Crippen LogP contribution in [0.25, 0.3) is 0 Å². The van der Waals surface area contributed by atoms with E-state index in [1.54, 1.807) is 12.1 Å². The number of rotatable bonds is 4. The van der Waals surface area contributed by atoms with E-state index in [9.17, 15) is 14.3 Å². The first-order valence-corrected chi connectivity index (χ1v) is 7.21. The Morgan fingerprint density at radius 3 is 2.67 bits per heavy atom. The van der Waals surface area contributed by atoms with Gasteiger partial charge in [0.15, 0.2) is 0 Å². The summed E-state index contributed by atoms with van der Waals surface area (Å²) in [6.07, 6.45) is 2.54. The predicted molar refractivity (Wildman–Crippen MR) is 77.5 cm³/mol. The van der Waals surface area contributed by atoms with Crippen molar-refractivity contribution in [3.63, 3.8) is 0 Å². The van der Waals surface area contributed by atoms with E-state index >= 15 is 0 Å². The van der Waals surface area contributed by atoms with Gasteiger partial charge in [-0.2, -0.15) is 5.26 Å². The van der Waals surface area contributed by atoms with Crippen LogP contribution >= 0.6 is 0 Å². The van der Waals surface area contributed by atoms with Crippen LogP contribution in [0.15, 0.2) is 18.2 Å². The molecule has 0 spiro atoms. The first-order valence-electron chi connectivity index (χ1n) is 7.21. The summed E-state index contributed by atoms with van der Waals surface area (Å²) in [5.74, 6) is -1.28. The highest BCUT2D eigenvalue weighted by Crippen LogP contribution is 2.38. The van der Waals surface area contributed by atoms with E-state index in [0.717, 1.165) is 6.42 Å². The summed E-state index contributed by atoms with van der Waals surface area (Å²) in [4.78, 5) is 13.5. The average Bonchev–Trinajstić information content (AvgIpc) is 2.48. The second-order valence-corrected chi connectivity index (χ2v) is 5.57. The first-order chi connectivity index (χ1) is 10.0. The third-order valence-electron chi connectivity index (χ3n) is 4.35. The largest absolute Gasteiger partial charge is 0.481 e. The van der Waals surface area contributed by atoms with E-state index in [2.05, 4.69) is 0 Å². The zero-order valence-corrected chi connectivity index (χ0v) is 12.1. The summed E-state index contributed by atoms with van der Waals surface area (Å²) < 4.78 is 13.7. The molecule has 1 aromatic carbocycles. The number of hydrogen-bond acceptors (Lipinski definition) is 3. The van der Waals surface area contributed by atoms with Crippen molar-refractivity contribution >= 4 is 11.7 Å². The number of benzene rings is 1. The van der Waals surface area contributed by atoms with Crippen LogP contribution < -0.4 is 4.90 Å². The Labute approximate surface area is 123 Å². The number of carbonyl (C=O) groups is 1. The van der Waals surface area contributed by atoms with Gasteiger partial charge in [0.05, 0.1) is 11.1 Å². The van der Waals surface area contributed by atoms with E-state index < -0.39 is 17.2 Å². The number of anilines is 1. The molecule has 1 aliphatic heterocycles. The van der Waals surface area contributed by atoms with E-state index in [-0.39, 0.29) is 5.56 Å². The van der Waals surface area contributed by atoms with Gasteiger partial charge in [0.25, 0.3) is 0 Å². The van der Waals surface area contributed by atoms with Crippen molar-refractivity contribution in [3.8, 4) is 6.07 Å².